The predicted molar refractivity (Wildman–Crippen MR) is 102 cm³/mol. The third-order valence-electron chi connectivity index (χ3n) is 3.79. The molecule has 1 heterocycles. The average Bonchev–Trinajstić information content (AvgIpc) is 3.11. The SMILES string of the molecule is CCCCCCNCc1ccc(OCc2cccs2)c(OCC)c1. The number of unbranched alkanes of at least 4 members (excludes halogenated alkanes) is 3. The highest BCUT2D eigenvalue weighted by molar-refractivity contribution is 7.09. The van der Waals surface area contributed by atoms with E-state index in [0.717, 1.165) is 24.6 Å². The number of thiophene rings is 1. The molecule has 1 aromatic heterocycles. The third-order valence-corrected chi connectivity index (χ3v) is 4.64. The molecule has 1 aromatic carbocycles. The molecule has 3 nitrogen and oxygen atoms in total. The normalized spacial score (nSPS) is 10.8. The first kappa shape index (κ1) is 18.8. The van der Waals surface area contributed by atoms with E-state index < -0.39 is 0 Å². The lowest BCUT2D eigenvalue weighted by Gasteiger charge is -2.13. The van der Waals surface area contributed by atoms with E-state index >= 15 is 0 Å². The summed E-state index contributed by atoms with van der Waals surface area (Å²) in [6.45, 7) is 7.42. The molecule has 0 spiro atoms. The highest BCUT2D eigenvalue weighted by Crippen LogP contribution is 2.29. The summed E-state index contributed by atoms with van der Waals surface area (Å²) in [4.78, 5) is 1.22. The molecule has 0 fully saturated rings. The molecule has 2 aromatic rings. The van der Waals surface area contributed by atoms with Crippen molar-refractivity contribution < 1.29 is 9.47 Å². The minimum absolute atomic E-state index is 0.590. The van der Waals surface area contributed by atoms with Gasteiger partial charge in [-0.2, -0.15) is 0 Å². The molecular weight excluding hydrogens is 318 g/mol. The summed E-state index contributed by atoms with van der Waals surface area (Å²) in [5.74, 6) is 1.65. The Morgan fingerprint density at radius 1 is 1.00 bits per heavy atom. The van der Waals surface area contributed by atoms with Gasteiger partial charge in [0, 0.05) is 11.4 Å². The zero-order valence-corrected chi connectivity index (χ0v) is 15.7. The number of ether oxygens (including phenoxy) is 2. The van der Waals surface area contributed by atoms with Gasteiger partial charge in [-0.05, 0) is 49.0 Å². The fraction of sp³-hybridized carbons (Fsp3) is 0.500. The van der Waals surface area contributed by atoms with Crippen LogP contribution < -0.4 is 14.8 Å². The van der Waals surface area contributed by atoms with Crippen molar-refractivity contribution in [2.24, 2.45) is 0 Å². The topological polar surface area (TPSA) is 30.5 Å². The minimum atomic E-state index is 0.590. The second kappa shape index (κ2) is 11.1. The Bertz CT molecular complexity index is 569. The Morgan fingerprint density at radius 2 is 1.92 bits per heavy atom. The third kappa shape index (κ3) is 6.54. The maximum Gasteiger partial charge on any atom is 0.161 e. The summed E-state index contributed by atoms with van der Waals surface area (Å²) in [6.07, 6.45) is 5.16. The van der Waals surface area contributed by atoms with E-state index in [1.165, 1.54) is 36.1 Å². The van der Waals surface area contributed by atoms with Crippen LogP contribution in [-0.2, 0) is 13.2 Å². The van der Waals surface area contributed by atoms with Crippen molar-refractivity contribution in [1.82, 2.24) is 5.32 Å². The van der Waals surface area contributed by atoms with Crippen LogP contribution in [0.3, 0.4) is 0 Å². The molecule has 4 heteroatoms. The van der Waals surface area contributed by atoms with Crippen LogP contribution in [0.15, 0.2) is 35.7 Å². The summed E-state index contributed by atoms with van der Waals surface area (Å²) in [6, 6.07) is 10.4. The number of benzene rings is 1. The lowest BCUT2D eigenvalue weighted by Crippen LogP contribution is -2.14. The van der Waals surface area contributed by atoms with Crippen molar-refractivity contribution in [1.29, 1.82) is 0 Å². The quantitative estimate of drug-likeness (QED) is 0.522. The van der Waals surface area contributed by atoms with E-state index in [2.05, 4.69) is 35.8 Å². The van der Waals surface area contributed by atoms with E-state index in [1.807, 2.05) is 19.1 Å². The Hall–Kier alpha value is -1.52. The van der Waals surface area contributed by atoms with Crippen molar-refractivity contribution in [3.8, 4) is 11.5 Å². The van der Waals surface area contributed by atoms with E-state index in [4.69, 9.17) is 9.47 Å². The Balaban J connectivity index is 1.85. The van der Waals surface area contributed by atoms with Gasteiger partial charge in [-0.25, -0.2) is 0 Å². The van der Waals surface area contributed by atoms with E-state index in [1.54, 1.807) is 11.3 Å². The molecule has 0 saturated heterocycles. The van der Waals surface area contributed by atoms with E-state index in [0.29, 0.717) is 13.2 Å². The molecular formula is C20H29NO2S. The monoisotopic (exact) mass is 347 g/mol. The second-order valence-corrected chi connectivity index (χ2v) is 6.85. The molecule has 0 amide bonds. The van der Waals surface area contributed by atoms with Crippen molar-refractivity contribution >= 4 is 11.3 Å². The fourth-order valence-corrected chi connectivity index (χ4v) is 3.12. The van der Waals surface area contributed by atoms with Gasteiger partial charge in [-0.3, -0.25) is 0 Å². The van der Waals surface area contributed by atoms with Crippen LogP contribution >= 0.6 is 11.3 Å². The predicted octanol–water partition coefficient (Wildman–Crippen LogP) is 5.40. The van der Waals surface area contributed by atoms with Crippen LogP contribution in [0.2, 0.25) is 0 Å². The Morgan fingerprint density at radius 3 is 2.67 bits per heavy atom. The van der Waals surface area contributed by atoms with Crippen LogP contribution in [0.5, 0.6) is 11.5 Å². The molecule has 0 aliphatic rings. The maximum absolute atomic E-state index is 5.92. The van der Waals surface area contributed by atoms with Crippen LogP contribution in [0.4, 0.5) is 0 Å². The van der Waals surface area contributed by atoms with Gasteiger partial charge in [0.2, 0.25) is 0 Å². The highest BCUT2D eigenvalue weighted by atomic mass is 32.1. The smallest absolute Gasteiger partial charge is 0.161 e. The van der Waals surface area contributed by atoms with Crippen LogP contribution in [0.1, 0.15) is 50.0 Å². The van der Waals surface area contributed by atoms with Crippen LogP contribution in [0, 0.1) is 0 Å². The summed E-state index contributed by atoms with van der Waals surface area (Å²) < 4.78 is 11.7. The molecule has 1 N–H and O–H groups in total. The largest absolute Gasteiger partial charge is 0.490 e. The van der Waals surface area contributed by atoms with Gasteiger partial charge in [0.05, 0.1) is 6.61 Å². The number of hydrogen-bond donors (Lipinski definition) is 1. The molecule has 0 bridgehead atoms. The van der Waals surface area contributed by atoms with Gasteiger partial charge < -0.3 is 14.8 Å². The number of rotatable bonds is 12. The first-order chi connectivity index (χ1) is 11.8. The standard InChI is InChI=1S/C20H29NO2S/c1-3-5-6-7-12-21-15-17-10-11-19(20(14-17)22-4-2)23-16-18-9-8-13-24-18/h8-11,13-14,21H,3-7,12,15-16H2,1-2H3. The minimum Gasteiger partial charge on any atom is -0.490 e. The van der Waals surface area contributed by atoms with Crippen molar-refractivity contribution in [3.05, 3.63) is 46.2 Å². The van der Waals surface area contributed by atoms with Gasteiger partial charge in [-0.1, -0.05) is 38.3 Å². The van der Waals surface area contributed by atoms with Crippen LogP contribution in [0.25, 0.3) is 0 Å². The van der Waals surface area contributed by atoms with Gasteiger partial charge >= 0.3 is 0 Å². The molecule has 0 unspecified atom stereocenters. The molecule has 0 radical (unpaired) electrons. The summed E-state index contributed by atoms with van der Waals surface area (Å²) >= 11 is 1.71. The van der Waals surface area contributed by atoms with Gasteiger partial charge in [0.1, 0.15) is 6.61 Å². The number of nitrogens with one attached hydrogen (secondary N) is 1. The van der Waals surface area contributed by atoms with E-state index in [9.17, 15) is 0 Å². The lowest BCUT2D eigenvalue weighted by molar-refractivity contribution is 0.271. The first-order valence-electron chi connectivity index (χ1n) is 8.95. The molecule has 2 rings (SSSR count). The molecule has 0 saturated carbocycles. The summed E-state index contributed by atoms with van der Waals surface area (Å²) in [5.41, 5.74) is 1.23. The molecule has 0 aliphatic carbocycles. The molecule has 0 aliphatic heterocycles. The van der Waals surface area contributed by atoms with Crippen molar-refractivity contribution in [2.45, 2.75) is 52.7 Å². The molecule has 24 heavy (non-hydrogen) atoms. The second-order valence-electron chi connectivity index (χ2n) is 5.82. The van der Waals surface area contributed by atoms with Gasteiger partial charge in [-0.15, -0.1) is 11.3 Å². The maximum atomic E-state index is 5.92. The van der Waals surface area contributed by atoms with Crippen molar-refractivity contribution in [2.75, 3.05) is 13.2 Å². The van der Waals surface area contributed by atoms with Crippen LogP contribution in [-0.4, -0.2) is 13.2 Å². The molecule has 0 atom stereocenters. The lowest BCUT2D eigenvalue weighted by atomic mass is 10.2. The zero-order chi connectivity index (χ0) is 17.0. The Kier molecular flexibility index (Phi) is 8.71. The van der Waals surface area contributed by atoms with Gasteiger partial charge in [0.25, 0.3) is 0 Å². The summed E-state index contributed by atoms with van der Waals surface area (Å²) in [5, 5.41) is 5.58. The first-order valence-corrected chi connectivity index (χ1v) is 9.83. The number of hydrogen-bond acceptors (Lipinski definition) is 4. The zero-order valence-electron chi connectivity index (χ0n) is 14.8. The van der Waals surface area contributed by atoms with Crippen molar-refractivity contribution in [3.63, 3.8) is 0 Å². The Labute approximate surface area is 150 Å². The van der Waals surface area contributed by atoms with Gasteiger partial charge in [0.15, 0.2) is 11.5 Å². The fourth-order valence-electron chi connectivity index (χ4n) is 2.50. The molecule has 132 valence electrons. The highest BCUT2D eigenvalue weighted by Gasteiger charge is 2.07. The summed E-state index contributed by atoms with van der Waals surface area (Å²) in [7, 11) is 0. The van der Waals surface area contributed by atoms with E-state index in [-0.39, 0.29) is 0 Å². The average molecular weight is 348 g/mol.